The van der Waals surface area contributed by atoms with Crippen LogP contribution in [-0.4, -0.2) is 20.7 Å². The zero-order chi connectivity index (χ0) is 23.5. The molecule has 6 nitrogen and oxygen atoms in total. The van der Waals surface area contributed by atoms with Crippen LogP contribution in [0.2, 0.25) is 0 Å². The van der Waals surface area contributed by atoms with Gasteiger partial charge in [0.1, 0.15) is 18.2 Å². The topological polar surface area (TPSA) is 69.0 Å². The highest BCUT2D eigenvalue weighted by molar-refractivity contribution is 5.93. The Bertz CT molecular complexity index is 1280. The first-order valence-electron chi connectivity index (χ1n) is 11.1. The Labute approximate surface area is 195 Å². The van der Waals surface area contributed by atoms with Gasteiger partial charge in [0.2, 0.25) is 5.91 Å². The molecule has 1 aliphatic rings. The number of amides is 1. The van der Waals surface area contributed by atoms with E-state index < -0.39 is 0 Å². The summed E-state index contributed by atoms with van der Waals surface area (Å²) in [5.41, 5.74) is 2.84. The molecule has 4 aromatic rings. The molecule has 3 aromatic carbocycles. The summed E-state index contributed by atoms with van der Waals surface area (Å²) < 4.78 is 34.0. The standard InChI is InChI=1S/C26H22F2N4O2/c27-20-8-4-17(5-9-20)16-34-26-30-24(18-6-10-21(28)11-7-18)32(31-26)23-14-12-22(13-15-23)29-25(33)19-2-1-3-19/h4-15,19H,1-3,16H2,(H,29,33). The van der Waals surface area contributed by atoms with Gasteiger partial charge in [-0.25, -0.2) is 13.5 Å². The zero-order valence-corrected chi connectivity index (χ0v) is 18.2. The average molecular weight is 460 g/mol. The van der Waals surface area contributed by atoms with Crippen molar-refractivity contribution in [1.82, 2.24) is 14.8 Å². The highest BCUT2D eigenvalue weighted by atomic mass is 19.1. The molecule has 0 spiro atoms. The van der Waals surface area contributed by atoms with Crippen LogP contribution in [0.5, 0.6) is 6.01 Å². The molecule has 0 saturated heterocycles. The first-order chi connectivity index (χ1) is 16.5. The fourth-order valence-corrected chi connectivity index (χ4v) is 3.65. The molecule has 0 aliphatic heterocycles. The summed E-state index contributed by atoms with van der Waals surface area (Å²) in [6.45, 7) is 0.166. The van der Waals surface area contributed by atoms with Crippen LogP contribution < -0.4 is 10.1 Å². The van der Waals surface area contributed by atoms with Gasteiger partial charge in [0.25, 0.3) is 0 Å². The van der Waals surface area contributed by atoms with Crippen molar-refractivity contribution < 1.29 is 18.3 Å². The summed E-state index contributed by atoms with van der Waals surface area (Å²) in [6.07, 6.45) is 2.97. The highest BCUT2D eigenvalue weighted by Crippen LogP contribution is 2.28. The number of carbonyl (C=O) groups is 1. The summed E-state index contributed by atoms with van der Waals surface area (Å²) in [6, 6.07) is 19.3. The van der Waals surface area contributed by atoms with Gasteiger partial charge < -0.3 is 10.1 Å². The van der Waals surface area contributed by atoms with Crippen molar-refractivity contribution in [2.75, 3.05) is 5.32 Å². The monoisotopic (exact) mass is 460 g/mol. The zero-order valence-electron chi connectivity index (χ0n) is 18.2. The van der Waals surface area contributed by atoms with Crippen LogP contribution in [0.1, 0.15) is 24.8 Å². The van der Waals surface area contributed by atoms with Crippen LogP contribution in [-0.2, 0) is 11.4 Å². The molecule has 0 bridgehead atoms. The van der Waals surface area contributed by atoms with E-state index in [9.17, 15) is 13.6 Å². The van der Waals surface area contributed by atoms with Crippen LogP contribution in [0, 0.1) is 17.6 Å². The fourth-order valence-electron chi connectivity index (χ4n) is 3.65. The Morgan fingerprint density at radius 3 is 2.21 bits per heavy atom. The molecule has 1 fully saturated rings. The normalized spacial score (nSPS) is 13.4. The van der Waals surface area contributed by atoms with Crippen LogP contribution in [0.25, 0.3) is 17.1 Å². The van der Waals surface area contributed by atoms with Crippen molar-refractivity contribution in [3.63, 3.8) is 0 Å². The minimum atomic E-state index is -0.353. The first-order valence-corrected chi connectivity index (χ1v) is 11.1. The molecule has 0 atom stereocenters. The molecule has 1 amide bonds. The number of carbonyl (C=O) groups excluding carboxylic acids is 1. The summed E-state index contributed by atoms with van der Waals surface area (Å²) in [5.74, 6) is -0.0595. The minimum Gasteiger partial charge on any atom is -0.457 e. The van der Waals surface area contributed by atoms with Crippen LogP contribution in [0.3, 0.4) is 0 Å². The maximum absolute atomic E-state index is 13.5. The first kappa shape index (κ1) is 21.8. The second-order valence-electron chi connectivity index (χ2n) is 8.22. The number of nitrogens with one attached hydrogen (secondary N) is 1. The SMILES string of the molecule is O=C(Nc1ccc(-n2nc(OCc3ccc(F)cc3)nc2-c2ccc(F)cc2)cc1)C1CCC1. The van der Waals surface area contributed by atoms with E-state index in [4.69, 9.17) is 4.74 Å². The number of aromatic nitrogens is 3. The van der Waals surface area contributed by atoms with Gasteiger partial charge in [-0.15, -0.1) is 5.10 Å². The van der Waals surface area contributed by atoms with Gasteiger partial charge in [0, 0.05) is 17.2 Å². The van der Waals surface area contributed by atoms with Gasteiger partial charge in [-0.05, 0) is 79.1 Å². The lowest BCUT2D eigenvalue weighted by atomic mass is 9.85. The predicted octanol–water partition coefficient (Wildman–Crippen LogP) is 5.53. The van der Waals surface area contributed by atoms with E-state index in [1.54, 1.807) is 41.1 Å². The number of halogens is 2. The van der Waals surface area contributed by atoms with Crippen molar-refractivity contribution in [3.8, 4) is 23.1 Å². The smallest absolute Gasteiger partial charge is 0.336 e. The summed E-state index contributed by atoms with van der Waals surface area (Å²) in [7, 11) is 0. The van der Waals surface area contributed by atoms with E-state index in [0.717, 1.165) is 24.8 Å². The van der Waals surface area contributed by atoms with Crippen LogP contribution >= 0.6 is 0 Å². The molecular weight excluding hydrogens is 438 g/mol. The molecule has 1 saturated carbocycles. The van der Waals surface area contributed by atoms with E-state index in [2.05, 4.69) is 15.4 Å². The van der Waals surface area contributed by atoms with Gasteiger partial charge >= 0.3 is 6.01 Å². The largest absolute Gasteiger partial charge is 0.457 e. The van der Waals surface area contributed by atoms with E-state index in [1.165, 1.54) is 24.3 Å². The summed E-state index contributed by atoms with van der Waals surface area (Å²) in [4.78, 5) is 16.7. The lowest BCUT2D eigenvalue weighted by molar-refractivity contribution is -0.122. The number of hydrogen-bond donors (Lipinski definition) is 1. The Balaban J connectivity index is 1.40. The second-order valence-corrected chi connectivity index (χ2v) is 8.22. The molecule has 34 heavy (non-hydrogen) atoms. The number of hydrogen-bond acceptors (Lipinski definition) is 4. The van der Waals surface area contributed by atoms with Gasteiger partial charge in [-0.2, -0.15) is 4.98 Å². The third kappa shape index (κ3) is 4.80. The lowest BCUT2D eigenvalue weighted by Gasteiger charge is -2.24. The fraction of sp³-hybridized carbons (Fsp3) is 0.192. The van der Waals surface area contributed by atoms with Gasteiger partial charge in [-0.1, -0.05) is 18.6 Å². The highest BCUT2D eigenvalue weighted by Gasteiger charge is 2.25. The van der Waals surface area contributed by atoms with Crippen molar-refractivity contribution in [3.05, 3.63) is 90.0 Å². The Morgan fingerprint density at radius 1 is 0.941 bits per heavy atom. The maximum Gasteiger partial charge on any atom is 0.336 e. The quantitative estimate of drug-likeness (QED) is 0.394. The number of nitrogens with zero attached hydrogens (tertiary/aromatic N) is 3. The van der Waals surface area contributed by atoms with Crippen molar-refractivity contribution >= 4 is 11.6 Å². The molecule has 172 valence electrons. The molecule has 1 aromatic heterocycles. The van der Waals surface area contributed by atoms with Gasteiger partial charge in [-0.3, -0.25) is 4.79 Å². The Kier molecular flexibility index (Phi) is 6.03. The molecule has 0 unspecified atom stereocenters. The van der Waals surface area contributed by atoms with Crippen molar-refractivity contribution in [2.24, 2.45) is 5.92 Å². The number of ether oxygens (including phenoxy) is 1. The third-order valence-electron chi connectivity index (χ3n) is 5.83. The summed E-state index contributed by atoms with van der Waals surface area (Å²) >= 11 is 0. The van der Waals surface area contributed by atoms with E-state index in [0.29, 0.717) is 22.8 Å². The molecular formula is C26H22F2N4O2. The minimum absolute atomic E-state index is 0.0447. The van der Waals surface area contributed by atoms with Crippen LogP contribution in [0.15, 0.2) is 72.8 Å². The molecule has 1 aliphatic carbocycles. The van der Waals surface area contributed by atoms with Crippen LogP contribution in [0.4, 0.5) is 14.5 Å². The maximum atomic E-state index is 13.5. The number of anilines is 1. The number of benzene rings is 3. The van der Waals surface area contributed by atoms with E-state index in [-0.39, 0.29) is 36.1 Å². The second kappa shape index (κ2) is 9.43. The Hall–Kier alpha value is -4.07. The van der Waals surface area contributed by atoms with E-state index in [1.807, 2.05) is 12.1 Å². The van der Waals surface area contributed by atoms with Gasteiger partial charge in [0.05, 0.1) is 5.69 Å². The number of rotatable bonds is 7. The van der Waals surface area contributed by atoms with Crippen molar-refractivity contribution in [1.29, 1.82) is 0 Å². The molecule has 8 heteroatoms. The molecule has 1 heterocycles. The molecule has 1 N–H and O–H groups in total. The van der Waals surface area contributed by atoms with E-state index >= 15 is 0 Å². The Morgan fingerprint density at radius 2 is 1.59 bits per heavy atom. The summed E-state index contributed by atoms with van der Waals surface area (Å²) in [5, 5.41) is 7.43. The molecule has 5 rings (SSSR count). The average Bonchev–Trinajstić information content (AvgIpc) is 3.23. The molecule has 0 radical (unpaired) electrons. The lowest BCUT2D eigenvalue weighted by Crippen LogP contribution is -2.27. The third-order valence-corrected chi connectivity index (χ3v) is 5.83. The predicted molar refractivity (Wildman–Crippen MR) is 123 cm³/mol. The van der Waals surface area contributed by atoms with Gasteiger partial charge in [0.15, 0.2) is 5.82 Å². The van der Waals surface area contributed by atoms with Crippen molar-refractivity contribution in [2.45, 2.75) is 25.9 Å².